The fourth-order valence-corrected chi connectivity index (χ4v) is 6.48. The van der Waals surface area contributed by atoms with Gasteiger partial charge in [-0.05, 0) is 131 Å². The quantitative estimate of drug-likeness (QED) is 0.133. The topological polar surface area (TPSA) is 74.2 Å². The van der Waals surface area contributed by atoms with E-state index in [0.29, 0.717) is 23.7 Å². The largest absolute Gasteiger partial charge is 0.508 e. The van der Waals surface area contributed by atoms with E-state index in [0.717, 1.165) is 37.9 Å². The molecule has 6 heteroatoms. The lowest BCUT2D eigenvalue weighted by atomic mass is 9.78. The fourth-order valence-electron chi connectivity index (χ4n) is 6.48. The Kier molecular flexibility index (Phi) is 13.0. The van der Waals surface area contributed by atoms with Crippen LogP contribution in [0.1, 0.15) is 127 Å². The first kappa shape index (κ1) is 35.3. The molecule has 3 aromatic rings. The van der Waals surface area contributed by atoms with Gasteiger partial charge in [-0.3, -0.25) is 0 Å². The molecule has 1 aliphatic carbocycles. The van der Waals surface area contributed by atoms with Crippen molar-refractivity contribution in [2.45, 2.75) is 129 Å². The van der Waals surface area contributed by atoms with Crippen LogP contribution in [-0.2, 0) is 14.3 Å². The van der Waals surface area contributed by atoms with Crippen molar-refractivity contribution in [1.82, 2.24) is 0 Å². The number of carbonyl (C=O) groups is 1. The number of aromatic hydroxyl groups is 1. The Balaban J connectivity index is 1.44. The molecule has 4 atom stereocenters. The third-order valence-corrected chi connectivity index (χ3v) is 8.88. The van der Waals surface area contributed by atoms with Gasteiger partial charge in [0.2, 0.25) is 0 Å². The predicted molar refractivity (Wildman–Crippen MR) is 184 cm³/mol. The first-order chi connectivity index (χ1) is 22.0. The Morgan fingerprint density at radius 3 is 1.96 bits per heavy atom. The maximum absolute atomic E-state index is 12.2. The molecule has 4 rings (SSSR count). The summed E-state index contributed by atoms with van der Waals surface area (Å²) in [6.45, 7) is 11.9. The van der Waals surface area contributed by atoms with Crippen molar-refractivity contribution in [3.8, 4) is 17.2 Å². The molecule has 1 N–H and O–H groups in total. The van der Waals surface area contributed by atoms with Gasteiger partial charge in [-0.15, -0.1) is 0 Å². The molecule has 0 amide bonds. The van der Waals surface area contributed by atoms with Crippen LogP contribution >= 0.6 is 0 Å². The average Bonchev–Trinajstić information content (AvgIpc) is 3.03. The molecule has 46 heavy (non-hydrogen) atoms. The molecule has 0 bridgehead atoms. The summed E-state index contributed by atoms with van der Waals surface area (Å²) in [5, 5.41) is 9.86. The summed E-state index contributed by atoms with van der Waals surface area (Å²) >= 11 is 0. The first-order valence-electron chi connectivity index (χ1n) is 17.1. The van der Waals surface area contributed by atoms with Crippen LogP contribution in [0.3, 0.4) is 0 Å². The highest BCUT2D eigenvalue weighted by molar-refractivity contribution is 5.71. The van der Waals surface area contributed by atoms with E-state index in [1.54, 1.807) is 12.1 Å². The van der Waals surface area contributed by atoms with Gasteiger partial charge in [0.05, 0.1) is 6.10 Å². The number of hydrogen-bond donors (Lipinski definition) is 1. The van der Waals surface area contributed by atoms with Gasteiger partial charge in [0.25, 0.3) is 0 Å². The van der Waals surface area contributed by atoms with Crippen LogP contribution in [0.15, 0.2) is 72.8 Å². The number of phenols is 1. The standard InChI is InChI=1S/C40H54O6/c1-7-30(32-13-19-35(41)20-14-32)26-34(33-17-21-36(22-18-33)43-27-39(42)46-40(4,5)6)25-28(2)31-15-23-38(24-16-31)45-29(3)44-37-11-9-8-10-12-37/h13-24,28-30,34,37,41H,7-12,25-27H2,1-6H3. The molecule has 6 nitrogen and oxygen atoms in total. The highest BCUT2D eigenvalue weighted by Gasteiger charge is 2.23. The number of phenolic OH excluding ortho intramolecular Hbond substituents is 1. The molecule has 0 heterocycles. The van der Waals surface area contributed by atoms with Gasteiger partial charge < -0.3 is 24.1 Å². The summed E-state index contributed by atoms with van der Waals surface area (Å²) in [6, 6.07) is 24.2. The van der Waals surface area contributed by atoms with E-state index >= 15 is 0 Å². The second-order valence-electron chi connectivity index (χ2n) is 13.9. The first-order valence-corrected chi connectivity index (χ1v) is 17.1. The van der Waals surface area contributed by atoms with Crippen LogP contribution in [0.25, 0.3) is 0 Å². The van der Waals surface area contributed by atoms with Gasteiger partial charge in [0.1, 0.15) is 22.8 Å². The van der Waals surface area contributed by atoms with E-state index < -0.39 is 5.60 Å². The van der Waals surface area contributed by atoms with E-state index in [2.05, 4.69) is 50.2 Å². The van der Waals surface area contributed by atoms with E-state index in [1.165, 1.54) is 36.0 Å². The molecule has 1 aliphatic rings. The average molecular weight is 631 g/mol. The molecule has 1 saturated carbocycles. The highest BCUT2D eigenvalue weighted by Crippen LogP contribution is 2.39. The van der Waals surface area contributed by atoms with Gasteiger partial charge >= 0.3 is 5.97 Å². The third kappa shape index (κ3) is 11.4. The maximum atomic E-state index is 12.2. The molecule has 0 aromatic heterocycles. The fraction of sp³-hybridized carbons (Fsp3) is 0.525. The monoisotopic (exact) mass is 630 g/mol. The number of hydrogen-bond acceptors (Lipinski definition) is 6. The summed E-state index contributed by atoms with van der Waals surface area (Å²) in [7, 11) is 0. The van der Waals surface area contributed by atoms with E-state index in [1.807, 2.05) is 52.0 Å². The molecule has 4 unspecified atom stereocenters. The normalized spacial score (nSPS) is 16.7. The number of ether oxygens (including phenoxy) is 4. The lowest BCUT2D eigenvalue weighted by molar-refractivity contribution is -0.157. The number of carbonyl (C=O) groups excluding carboxylic acids is 1. The van der Waals surface area contributed by atoms with Crippen LogP contribution in [0, 0.1) is 0 Å². The third-order valence-electron chi connectivity index (χ3n) is 8.88. The second kappa shape index (κ2) is 16.9. The van der Waals surface area contributed by atoms with Crippen LogP contribution in [0.2, 0.25) is 0 Å². The zero-order chi connectivity index (χ0) is 33.1. The predicted octanol–water partition coefficient (Wildman–Crippen LogP) is 10.0. The van der Waals surface area contributed by atoms with Crippen LogP contribution in [-0.4, -0.2) is 35.7 Å². The molecular weight excluding hydrogens is 576 g/mol. The van der Waals surface area contributed by atoms with Crippen LogP contribution in [0.5, 0.6) is 17.2 Å². The van der Waals surface area contributed by atoms with Gasteiger partial charge in [0.15, 0.2) is 12.9 Å². The molecule has 1 fully saturated rings. The van der Waals surface area contributed by atoms with Gasteiger partial charge in [-0.2, -0.15) is 0 Å². The van der Waals surface area contributed by atoms with Crippen LogP contribution < -0.4 is 9.47 Å². The van der Waals surface area contributed by atoms with Crippen molar-refractivity contribution >= 4 is 5.97 Å². The lowest BCUT2D eigenvalue weighted by Gasteiger charge is -2.27. The Morgan fingerprint density at radius 2 is 1.35 bits per heavy atom. The van der Waals surface area contributed by atoms with Crippen molar-refractivity contribution in [2.75, 3.05) is 6.61 Å². The molecular formula is C40H54O6. The Hall–Kier alpha value is -3.51. The Bertz CT molecular complexity index is 1320. The minimum Gasteiger partial charge on any atom is -0.508 e. The number of rotatable bonds is 15. The molecule has 250 valence electrons. The van der Waals surface area contributed by atoms with Gasteiger partial charge in [-0.1, -0.05) is 69.5 Å². The molecule has 0 radical (unpaired) electrons. The second-order valence-corrected chi connectivity index (χ2v) is 13.9. The summed E-state index contributed by atoms with van der Waals surface area (Å²) in [6.07, 6.45) is 9.01. The summed E-state index contributed by atoms with van der Waals surface area (Å²) in [5.74, 6) is 2.32. The van der Waals surface area contributed by atoms with Crippen molar-refractivity contribution in [2.24, 2.45) is 0 Å². The summed E-state index contributed by atoms with van der Waals surface area (Å²) in [5.41, 5.74) is 3.20. The zero-order valence-electron chi connectivity index (χ0n) is 28.7. The van der Waals surface area contributed by atoms with E-state index in [-0.39, 0.29) is 30.5 Å². The molecule has 0 aliphatic heterocycles. The van der Waals surface area contributed by atoms with Crippen molar-refractivity contribution in [1.29, 1.82) is 0 Å². The van der Waals surface area contributed by atoms with Crippen molar-refractivity contribution in [3.63, 3.8) is 0 Å². The van der Waals surface area contributed by atoms with E-state index in [4.69, 9.17) is 18.9 Å². The molecule has 0 saturated heterocycles. The summed E-state index contributed by atoms with van der Waals surface area (Å²) in [4.78, 5) is 12.2. The zero-order valence-corrected chi connectivity index (χ0v) is 28.7. The van der Waals surface area contributed by atoms with E-state index in [9.17, 15) is 9.90 Å². The Morgan fingerprint density at radius 1 is 0.783 bits per heavy atom. The maximum Gasteiger partial charge on any atom is 0.344 e. The number of benzene rings is 3. The minimum atomic E-state index is -0.545. The number of esters is 1. The minimum absolute atomic E-state index is 0.124. The molecule has 0 spiro atoms. The SMILES string of the molecule is CCC(CC(CC(C)c1ccc(OC(C)OC2CCCCC2)cc1)c1ccc(OCC(=O)OC(C)(C)C)cc1)c1ccc(O)cc1. The smallest absolute Gasteiger partial charge is 0.344 e. The van der Waals surface area contributed by atoms with Crippen molar-refractivity contribution < 1.29 is 28.8 Å². The van der Waals surface area contributed by atoms with Crippen molar-refractivity contribution in [3.05, 3.63) is 89.5 Å². The molecule has 3 aromatic carbocycles. The van der Waals surface area contributed by atoms with Gasteiger partial charge in [-0.25, -0.2) is 4.79 Å². The van der Waals surface area contributed by atoms with Crippen LogP contribution in [0.4, 0.5) is 0 Å². The van der Waals surface area contributed by atoms with Gasteiger partial charge in [0, 0.05) is 0 Å². The lowest BCUT2D eigenvalue weighted by Crippen LogP contribution is -2.27. The summed E-state index contributed by atoms with van der Waals surface area (Å²) < 4.78 is 23.4. The highest BCUT2D eigenvalue weighted by atomic mass is 16.7. The Labute approximate surface area is 276 Å².